The summed E-state index contributed by atoms with van der Waals surface area (Å²) in [5, 5.41) is 0. The van der Waals surface area contributed by atoms with Crippen LogP contribution in [0.2, 0.25) is 0 Å². The molecule has 0 aromatic heterocycles. The second-order valence-electron chi connectivity index (χ2n) is 8.10. The van der Waals surface area contributed by atoms with E-state index < -0.39 is 0 Å². The molecule has 0 radical (unpaired) electrons. The Labute approximate surface area is 163 Å². The Bertz CT molecular complexity index is 422. The van der Waals surface area contributed by atoms with E-state index in [-0.39, 0.29) is 0 Å². The van der Waals surface area contributed by atoms with Crippen LogP contribution in [0.15, 0.2) is 24.3 Å². The van der Waals surface area contributed by atoms with Crippen molar-refractivity contribution in [1.29, 1.82) is 0 Å². The van der Waals surface area contributed by atoms with Crippen LogP contribution in [-0.4, -0.2) is 0 Å². The molecule has 1 aromatic rings. The van der Waals surface area contributed by atoms with Gasteiger partial charge in [0.15, 0.2) is 0 Å². The number of unbranched alkanes of at least 4 members (excludes halogenated alkanes) is 9. The molecule has 0 amide bonds. The van der Waals surface area contributed by atoms with E-state index in [1.807, 2.05) is 0 Å². The molecule has 1 aromatic carbocycles. The van der Waals surface area contributed by atoms with Gasteiger partial charge in [-0.25, -0.2) is 0 Å². The van der Waals surface area contributed by atoms with Crippen LogP contribution in [0.3, 0.4) is 0 Å². The van der Waals surface area contributed by atoms with Crippen molar-refractivity contribution in [1.82, 2.24) is 0 Å². The highest BCUT2D eigenvalue weighted by Crippen LogP contribution is 2.35. The number of hydrogen-bond acceptors (Lipinski definition) is 1. The molecule has 144 valence electrons. The second-order valence-corrected chi connectivity index (χ2v) is 8.41. The zero-order valence-electron chi connectivity index (χ0n) is 17.2. The van der Waals surface area contributed by atoms with Gasteiger partial charge in [0, 0.05) is 5.75 Å². The van der Waals surface area contributed by atoms with Gasteiger partial charge in [0.1, 0.15) is 0 Å². The fourth-order valence-electron chi connectivity index (χ4n) is 3.84. The van der Waals surface area contributed by atoms with E-state index in [0.29, 0.717) is 5.41 Å². The first-order valence-corrected chi connectivity index (χ1v) is 11.5. The molecule has 1 unspecified atom stereocenters. The van der Waals surface area contributed by atoms with E-state index in [4.69, 9.17) is 0 Å². The zero-order valence-corrected chi connectivity index (χ0v) is 18.1. The predicted octanol–water partition coefficient (Wildman–Crippen LogP) is 8.49. The maximum atomic E-state index is 4.40. The lowest BCUT2D eigenvalue weighted by Gasteiger charge is -2.31. The smallest absolute Gasteiger partial charge is 0.0154 e. The van der Waals surface area contributed by atoms with Crippen molar-refractivity contribution in [3.05, 3.63) is 35.4 Å². The molecule has 0 N–H and O–H groups in total. The Hall–Kier alpha value is -0.430. The molecule has 1 rings (SSSR count). The van der Waals surface area contributed by atoms with Crippen LogP contribution in [0.4, 0.5) is 0 Å². The molecular formula is C24H42S. The molecule has 0 aliphatic rings. The summed E-state index contributed by atoms with van der Waals surface area (Å²) in [5.41, 5.74) is 3.23. The monoisotopic (exact) mass is 362 g/mol. The summed E-state index contributed by atoms with van der Waals surface area (Å²) in [6.45, 7) is 7.10. The first kappa shape index (κ1) is 22.6. The minimum Gasteiger partial charge on any atom is -0.175 e. The lowest BCUT2D eigenvalue weighted by molar-refractivity contribution is 0.363. The van der Waals surface area contributed by atoms with Gasteiger partial charge in [-0.2, -0.15) is 12.6 Å². The molecule has 0 aliphatic carbocycles. The molecule has 0 heterocycles. The largest absolute Gasteiger partial charge is 0.175 e. The number of thiol groups is 1. The van der Waals surface area contributed by atoms with E-state index in [2.05, 4.69) is 57.7 Å². The molecule has 0 spiro atoms. The SMILES string of the molecule is CCCCCCCCCC(C)(CCCCCC)c1ccc(CS)cc1. The van der Waals surface area contributed by atoms with Crippen LogP contribution in [-0.2, 0) is 11.2 Å². The fraction of sp³-hybridized carbons (Fsp3) is 0.750. The average molecular weight is 363 g/mol. The van der Waals surface area contributed by atoms with Gasteiger partial charge in [0.2, 0.25) is 0 Å². The van der Waals surface area contributed by atoms with Crippen molar-refractivity contribution in [3.63, 3.8) is 0 Å². The highest BCUT2D eigenvalue weighted by molar-refractivity contribution is 7.79. The van der Waals surface area contributed by atoms with Crippen molar-refractivity contribution in [3.8, 4) is 0 Å². The zero-order chi connectivity index (χ0) is 18.4. The summed E-state index contributed by atoms with van der Waals surface area (Å²) < 4.78 is 0. The van der Waals surface area contributed by atoms with E-state index >= 15 is 0 Å². The van der Waals surface area contributed by atoms with Crippen LogP contribution in [0.25, 0.3) is 0 Å². The molecular weight excluding hydrogens is 320 g/mol. The quantitative estimate of drug-likeness (QED) is 0.235. The molecule has 0 bridgehead atoms. The van der Waals surface area contributed by atoms with Gasteiger partial charge in [-0.15, -0.1) is 0 Å². The van der Waals surface area contributed by atoms with Crippen molar-refractivity contribution in [2.45, 2.75) is 115 Å². The summed E-state index contributed by atoms with van der Waals surface area (Å²) in [6, 6.07) is 9.29. The Morgan fingerprint density at radius 2 is 1.12 bits per heavy atom. The molecule has 1 heteroatoms. The minimum atomic E-state index is 0.353. The fourth-order valence-corrected chi connectivity index (χ4v) is 4.05. The van der Waals surface area contributed by atoms with E-state index in [9.17, 15) is 0 Å². The highest BCUT2D eigenvalue weighted by atomic mass is 32.1. The summed E-state index contributed by atoms with van der Waals surface area (Å²) in [4.78, 5) is 0. The van der Waals surface area contributed by atoms with Crippen LogP contribution in [0, 0.1) is 0 Å². The van der Waals surface area contributed by atoms with E-state index in [1.165, 1.54) is 89.0 Å². The molecule has 0 nitrogen and oxygen atoms in total. The summed E-state index contributed by atoms with van der Waals surface area (Å²) in [5.74, 6) is 0.839. The van der Waals surface area contributed by atoms with Gasteiger partial charge < -0.3 is 0 Å². The van der Waals surface area contributed by atoms with Gasteiger partial charge in [-0.1, -0.05) is 116 Å². The van der Waals surface area contributed by atoms with Crippen molar-refractivity contribution >= 4 is 12.6 Å². The lowest BCUT2D eigenvalue weighted by atomic mass is 9.74. The van der Waals surface area contributed by atoms with Gasteiger partial charge >= 0.3 is 0 Å². The first-order chi connectivity index (χ1) is 12.2. The molecule has 0 fully saturated rings. The molecule has 25 heavy (non-hydrogen) atoms. The Morgan fingerprint density at radius 3 is 1.60 bits per heavy atom. The normalized spacial score (nSPS) is 13.8. The standard InChI is InChI=1S/C24H42S/c1-4-6-8-10-11-12-14-20-24(3,19-13-9-7-5-2)23-17-15-22(21-25)16-18-23/h15-18,25H,4-14,19-21H2,1-3H3. The Balaban J connectivity index is 2.54. The van der Waals surface area contributed by atoms with Crippen LogP contribution >= 0.6 is 12.6 Å². The summed E-state index contributed by atoms with van der Waals surface area (Å²) in [6.07, 6.45) is 18.0. The van der Waals surface area contributed by atoms with Gasteiger partial charge in [-0.05, 0) is 29.4 Å². The maximum Gasteiger partial charge on any atom is 0.0154 e. The van der Waals surface area contributed by atoms with Gasteiger partial charge in [-0.3, -0.25) is 0 Å². The van der Waals surface area contributed by atoms with Gasteiger partial charge in [0.05, 0.1) is 0 Å². The van der Waals surface area contributed by atoms with Crippen LogP contribution in [0.5, 0.6) is 0 Å². The third kappa shape index (κ3) is 9.18. The maximum absolute atomic E-state index is 4.40. The van der Waals surface area contributed by atoms with Crippen molar-refractivity contribution in [2.75, 3.05) is 0 Å². The second kappa shape index (κ2) is 13.7. The van der Waals surface area contributed by atoms with E-state index in [0.717, 1.165) is 5.75 Å². The van der Waals surface area contributed by atoms with E-state index in [1.54, 1.807) is 5.56 Å². The topological polar surface area (TPSA) is 0 Å². The van der Waals surface area contributed by atoms with Crippen molar-refractivity contribution < 1.29 is 0 Å². The molecule has 0 saturated heterocycles. The molecule has 0 saturated carbocycles. The minimum absolute atomic E-state index is 0.353. The molecule has 1 atom stereocenters. The average Bonchev–Trinajstić information content (AvgIpc) is 2.64. The highest BCUT2D eigenvalue weighted by Gasteiger charge is 2.25. The predicted molar refractivity (Wildman–Crippen MR) is 118 cm³/mol. The Kier molecular flexibility index (Phi) is 12.4. The number of benzene rings is 1. The number of hydrogen-bond donors (Lipinski definition) is 1. The van der Waals surface area contributed by atoms with Crippen LogP contribution < -0.4 is 0 Å². The Morgan fingerprint density at radius 1 is 0.680 bits per heavy atom. The van der Waals surface area contributed by atoms with Crippen molar-refractivity contribution in [2.24, 2.45) is 0 Å². The third-order valence-corrected chi connectivity index (χ3v) is 6.11. The molecule has 0 aliphatic heterocycles. The lowest BCUT2D eigenvalue weighted by Crippen LogP contribution is -2.22. The summed E-state index contributed by atoms with van der Waals surface area (Å²) in [7, 11) is 0. The van der Waals surface area contributed by atoms with Gasteiger partial charge in [0.25, 0.3) is 0 Å². The third-order valence-electron chi connectivity index (χ3n) is 5.75. The van der Waals surface area contributed by atoms with Crippen LogP contribution in [0.1, 0.15) is 115 Å². The summed E-state index contributed by atoms with van der Waals surface area (Å²) >= 11 is 4.40. The number of rotatable bonds is 15. The first-order valence-electron chi connectivity index (χ1n) is 10.9.